The summed E-state index contributed by atoms with van der Waals surface area (Å²) in [6.07, 6.45) is 5.26. The zero-order valence-electron chi connectivity index (χ0n) is 15.4. The number of esters is 1. The third-order valence-electron chi connectivity index (χ3n) is 4.70. The Bertz CT molecular complexity index is 853. The maximum absolute atomic E-state index is 13.0. The number of hydrogen-bond donors (Lipinski definition) is 1. The maximum Gasteiger partial charge on any atom is 0.357 e. The Kier molecular flexibility index (Phi) is 7.15. The number of ether oxygens (including phenoxy) is 1. The second-order valence-electron chi connectivity index (χ2n) is 6.60. The number of methoxy groups -OCH3 is 1. The van der Waals surface area contributed by atoms with Crippen LogP contribution in [0.5, 0.6) is 0 Å². The molecule has 1 aromatic heterocycles. The van der Waals surface area contributed by atoms with Crippen molar-refractivity contribution in [1.82, 2.24) is 9.88 Å². The predicted molar refractivity (Wildman–Crippen MR) is 111 cm³/mol. The third kappa shape index (κ3) is 5.16. The van der Waals surface area contributed by atoms with Crippen LogP contribution in [0.2, 0.25) is 10.0 Å². The van der Waals surface area contributed by atoms with Crippen molar-refractivity contribution >= 4 is 52.2 Å². The van der Waals surface area contributed by atoms with Gasteiger partial charge in [0, 0.05) is 17.1 Å². The van der Waals surface area contributed by atoms with Gasteiger partial charge >= 0.3 is 12.0 Å². The fourth-order valence-electron chi connectivity index (χ4n) is 3.26. The minimum Gasteiger partial charge on any atom is -0.464 e. The molecule has 0 bridgehead atoms. The number of thiazole rings is 1. The standard InChI is InChI=1S/C19H21Cl2N3O3S/c1-27-18(25)16-11-28-17(23-16)10-24(13-5-3-2-4-6-13)19(26)22-12-7-8-14(20)15(21)9-12/h7-9,11,13H,2-6,10H2,1H3,(H,22,26). The molecule has 150 valence electrons. The number of aromatic nitrogens is 1. The fraction of sp³-hybridized carbons (Fsp3) is 0.421. The van der Waals surface area contributed by atoms with E-state index in [1.807, 2.05) is 0 Å². The number of nitrogens with one attached hydrogen (secondary N) is 1. The Labute approximate surface area is 177 Å². The Morgan fingerprint density at radius 2 is 2.00 bits per heavy atom. The van der Waals surface area contributed by atoms with Crippen LogP contribution in [0.25, 0.3) is 0 Å². The van der Waals surface area contributed by atoms with Crippen LogP contribution in [0.15, 0.2) is 23.6 Å². The molecule has 1 aromatic carbocycles. The van der Waals surface area contributed by atoms with Gasteiger partial charge in [-0.15, -0.1) is 11.3 Å². The molecular weight excluding hydrogens is 421 g/mol. The van der Waals surface area contributed by atoms with Crippen LogP contribution < -0.4 is 5.32 Å². The first-order valence-corrected chi connectivity index (χ1v) is 10.7. The van der Waals surface area contributed by atoms with Crippen molar-refractivity contribution in [3.8, 4) is 0 Å². The van der Waals surface area contributed by atoms with Crippen LogP contribution in [-0.2, 0) is 11.3 Å². The number of carbonyl (C=O) groups excluding carboxylic acids is 2. The molecule has 0 unspecified atom stereocenters. The van der Waals surface area contributed by atoms with Gasteiger partial charge in [-0.25, -0.2) is 14.6 Å². The fourth-order valence-corrected chi connectivity index (χ4v) is 4.32. The summed E-state index contributed by atoms with van der Waals surface area (Å²) in [6.45, 7) is 0.333. The molecule has 1 N–H and O–H groups in total. The van der Waals surface area contributed by atoms with E-state index in [-0.39, 0.29) is 17.8 Å². The van der Waals surface area contributed by atoms with Gasteiger partial charge in [-0.05, 0) is 31.0 Å². The van der Waals surface area contributed by atoms with Crippen molar-refractivity contribution < 1.29 is 14.3 Å². The molecule has 0 aliphatic heterocycles. The highest BCUT2D eigenvalue weighted by Crippen LogP contribution is 2.28. The molecule has 3 rings (SSSR count). The zero-order chi connectivity index (χ0) is 20.1. The molecule has 0 spiro atoms. The van der Waals surface area contributed by atoms with Gasteiger partial charge in [0.2, 0.25) is 0 Å². The van der Waals surface area contributed by atoms with E-state index >= 15 is 0 Å². The molecule has 1 heterocycles. The summed E-state index contributed by atoms with van der Waals surface area (Å²) in [5.41, 5.74) is 0.839. The van der Waals surface area contributed by atoms with Gasteiger partial charge in [0.25, 0.3) is 0 Å². The van der Waals surface area contributed by atoms with E-state index in [0.717, 1.165) is 25.7 Å². The van der Waals surface area contributed by atoms with E-state index < -0.39 is 5.97 Å². The quantitative estimate of drug-likeness (QED) is 0.612. The van der Waals surface area contributed by atoms with Gasteiger partial charge in [0.15, 0.2) is 5.69 Å². The van der Waals surface area contributed by atoms with Crippen molar-refractivity contribution in [3.63, 3.8) is 0 Å². The molecule has 0 radical (unpaired) electrons. The summed E-state index contributed by atoms with van der Waals surface area (Å²) in [4.78, 5) is 30.8. The van der Waals surface area contributed by atoms with E-state index in [9.17, 15) is 9.59 Å². The number of benzene rings is 1. The Morgan fingerprint density at radius 3 is 2.68 bits per heavy atom. The summed E-state index contributed by atoms with van der Waals surface area (Å²) in [6, 6.07) is 4.89. The number of nitrogens with zero attached hydrogens (tertiary/aromatic N) is 2. The highest BCUT2D eigenvalue weighted by Gasteiger charge is 2.27. The largest absolute Gasteiger partial charge is 0.464 e. The van der Waals surface area contributed by atoms with Gasteiger partial charge in [0.1, 0.15) is 5.01 Å². The molecule has 2 aromatic rings. The van der Waals surface area contributed by atoms with E-state index in [0.29, 0.717) is 27.3 Å². The van der Waals surface area contributed by atoms with Crippen molar-refractivity contribution in [1.29, 1.82) is 0 Å². The summed E-state index contributed by atoms with van der Waals surface area (Å²) in [7, 11) is 1.32. The van der Waals surface area contributed by atoms with Crippen LogP contribution >= 0.6 is 34.5 Å². The molecule has 1 aliphatic carbocycles. The first kappa shape index (κ1) is 20.9. The number of hydrogen-bond acceptors (Lipinski definition) is 5. The molecule has 28 heavy (non-hydrogen) atoms. The Hall–Kier alpha value is -1.83. The van der Waals surface area contributed by atoms with Gasteiger partial charge in [-0.1, -0.05) is 42.5 Å². The lowest BCUT2D eigenvalue weighted by Gasteiger charge is -2.34. The molecule has 2 amide bonds. The summed E-state index contributed by atoms with van der Waals surface area (Å²) >= 11 is 13.3. The smallest absolute Gasteiger partial charge is 0.357 e. The number of amides is 2. The van der Waals surface area contributed by atoms with Crippen LogP contribution in [0.3, 0.4) is 0 Å². The van der Waals surface area contributed by atoms with E-state index in [1.54, 1.807) is 28.5 Å². The first-order valence-electron chi connectivity index (χ1n) is 9.03. The number of urea groups is 1. The highest BCUT2D eigenvalue weighted by molar-refractivity contribution is 7.09. The summed E-state index contributed by atoms with van der Waals surface area (Å²) in [5.74, 6) is -0.480. The predicted octanol–water partition coefficient (Wildman–Crippen LogP) is 5.60. The van der Waals surface area contributed by atoms with Gasteiger partial charge in [-0.3, -0.25) is 0 Å². The summed E-state index contributed by atoms with van der Waals surface area (Å²) in [5, 5.41) is 6.05. The van der Waals surface area contributed by atoms with Crippen LogP contribution in [0.4, 0.5) is 10.5 Å². The van der Waals surface area contributed by atoms with Crippen molar-refractivity contribution in [2.24, 2.45) is 0 Å². The minimum atomic E-state index is -0.480. The normalized spacial score (nSPS) is 14.5. The van der Waals surface area contributed by atoms with Gasteiger partial charge in [0.05, 0.1) is 23.7 Å². The second-order valence-corrected chi connectivity index (χ2v) is 8.35. The lowest BCUT2D eigenvalue weighted by Crippen LogP contribution is -2.43. The van der Waals surface area contributed by atoms with Crippen molar-refractivity contribution in [3.05, 3.63) is 44.3 Å². The maximum atomic E-state index is 13.0. The van der Waals surface area contributed by atoms with Gasteiger partial charge in [-0.2, -0.15) is 0 Å². The van der Waals surface area contributed by atoms with Crippen molar-refractivity contribution in [2.75, 3.05) is 12.4 Å². The Balaban J connectivity index is 1.77. The molecule has 0 atom stereocenters. The van der Waals surface area contributed by atoms with E-state index in [2.05, 4.69) is 10.3 Å². The van der Waals surface area contributed by atoms with Crippen LogP contribution in [0.1, 0.15) is 47.6 Å². The Morgan fingerprint density at radius 1 is 1.25 bits per heavy atom. The third-order valence-corrected chi connectivity index (χ3v) is 6.27. The number of rotatable bonds is 5. The van der Waals surface area contributed by atoms with E-state index in [4.69, 9.17) is 27.9 Å². The molecule has 6 nitrogen and oxygen atoms in total. The highest BCUT2D eigenvalue weighted by atomic mass is 35.5. The average molecular weight is 442 g/mol. The molecule has 1 fully saturated rings. The zero-order valence-corrected chi connectivity index (χ0v) is 17.7. The lowest BCUT2D eigenvalue weighted by atomic mass is 9.94. The lowest BCUT2D eigenvalue weighted by molar-refractivity contribution is 0.0594. The van der Waals surface area contributed by atoms with Crippen molar-refractivity contribution in [2.45, 2.75) is 44.7 Å². The topological polar surface area (TPSA) is 71.5 Å². The molecule has 1 saturated carbocycles. The SMILES string of the molecule is COC(=O)c1csc(CN(C(=O)Nc2ccc(Cl)c(Cl)c2)C2CCCCC2)n1. The average Bonchev–Trinajstić information content (AvgIpc) is 3.17. The number of carbonyl (C=O) groups is 2. The number of halogens is 2. The first-order chi connectivity index (χ1) is 13.5. The second kappa shape index (κ2) is 9.58. The monoisotopic (exact) mass is 441 g/mol. The molecule has 9 heteroatoms. The summed E-state index contributed by atoms with van der Waals surface area (Å²) < 4.78 is 4.71. The number of anilines is 1. The van der Waals surface area contributed by atoms with Crippen LogP contribution in [0, 0.1) is 0 Å². The molecular formula is C19H21Cl2N3O3S. The molecule has 0 saturated heterocycles. The van der Waals surface area contributed by atoms with E-state index in [1.165, 1.54) is 24.9 Å². The van der Waals surface area contributed by atoms with Gasteiger partial charge < -0.3 is 15.0 Å². The minimum absolute atomic E-state index is 0.127. The van der Waals surface area contributed by atoms with Crippen LogP contribution in [-0.4, -0.2) is 35.0 Å². The molecule has 1 aliphatic rings.